The maximum atomic E-state index is 5.51. The average molecular weight is 152 g/mol. The SMILES string of the molecule is CC(C)/C(=C/N)C1=NCCC1. The summed E-state index contributed by atoms with van der Waals surface area (Å²) in [5.74, 6) is 0.511. The quantitative estimate of drug-likeness (QED) is 0.642. The second-order valence-corrected chi connectivity index (χ2v) is 3.21. The van der Waals surface area contributed by atoms with Crippen molar-refractivity contribution in [3.63, 3.8) is 0 Å². The van der Waals surface area contributed by atoms with E-state index in [-0.39, 0.29) is 0 Å². The lowest BCUT2D eigenvalue weighted by Gasteiger charge is -2.09. The molecule has 0 saturated heterocycles. The highest BCUT2D eigenvalue weighted by Gasteiger charge is 2.13. The molecular formula is C9H16N2. The van der Waals surface area contributed by atoms with Crippen LogP contribution in [0.2, 0.25) is 0 Å². The molecule has 0 aromatic rings. The number of rotatable bonds is 2. The van der Waals surface area contributed by atoms with Crippen LogP contribution in [-0.2, 0) is 0 Å². The Morgan fingerprint density at radius 1 is 1.64 bits per heavy atom. The molecule has 2 nitrogen and oxygen atoms in total. The summed E-state index contributed by atoms with van der Waals surface area (Å²) in [6.07, 6.45) is 4.01. The second kappa shape index (κ2) is 3.56. The van der Waals surface area contributed by atoms with E-state index in [2.05, 4.69) is 18.8 Å². The molecule has 0 aromatic carbocycles. The molecule has 1 aliphatic heterocycles. The van der Waals surface area contributed by atoms with Gasteiger partial charge < -0.3 is 5.73 Å². The van der Waals surface area contributed by atoms with Crippen LogP contribution < -0.4 is 5.73 Å². The normalized spacial score (nSPS) is 19.2. The first-order chi connectivity index (χ1) is 5.25. The van der Waals surface area contributed by atoms with Gasteiger partial charge in [0.25, 0.3) is 0 Å². The van der Waals surface area contributed by atoms with Gasteiger partial charge in [0, 0.05) is 12.3 Å². The molecule has 0 fully saturated rings. The van der Waals surface area contributed by atoms with Crippen LogP contribution in [0.4, 0.5) is 0 Å². The third-order valence-electron chi connectivity index (χ3n) is 2.01. The first-order valence-electron chi connectivity index (χ1n) is 4.21. The zero-order chi connectivity index (χ0) is 8.27. The van der Waals surface area contributed by atoms with Crippen molar-refractivity contribution in [2.24, 2.45) is 16.6 Å². The van der Waals surface area contributed by atoms with Crippen molar-refractivity contribution >= 4 is 5.71 Å². The van der Waals surface area contributed by atoms with Crippen molar-refractivity contribution < 1.29 is 0 Å². The lowest BCUT2D eigenvalue weighted by atomic mass is 9.98. The Hall–Kier alpha value is -0.790. The Labute approximate surface area is 68.2 Å². The van der Waals surface area contributed by atoms with Gasteiger partial charge in [0.2, 0.25) is 0 Å². The fourth-order valence-electron chi connectivity index (χ4n) is 1.40. The van der Waals surface area contributed by atoms with Crippen LogP contribution in [0.1, 0.15) is 26.7 Å². The standard InChI is InChI=1S/C9H16N2/c1-7(2)8(6-10)9-4-3-5-11-9/h6-7H,3-5,10H2,1-2H3/b8-6-. The van der Waals surface area contributed by atoms with Gasteiger partial charge in [-0.1, -0.05) is 13.8 Å². The number of hydrogen-bond acceptors (Lipinski definition) is 2. The highest BCUT2D eigenvalue weighted by Crippen LogP contribution is 2.17. The van der Waals surface area contributed by atoms with E-state index in [9.17, 15) is 0 Å². The van der Waals surface area contributed by atoms with Crippen LogP contribution in [0.5, 0.6) is 0 Å². The van der Waals surface area contributed by atoms with E-state index in [1.165, 1.54) is 17.7 Å². The van der Waals surface area contributed by atoms with E-state index in [0.717, 1.165) is 13.0 Å². The van der Waals surface area contributed by atoms with E-state index in [1.807, 2.05) is 0 Å². The Morgan fingerprint density at radius 3 is 2.73 bits per heavy atom. The van der Waals surface area contributed by atoms with Crippen LogP contribution in [-0.4, -0.2) is 12.3 Å². The van der Waals surface area contributed by atoms with Crippen LogP contribution in [0, 0.1) is 5.92 Å². The smallest absolute Gasteiger partial charge is 0.0397 e. The molecule has 2 heteroatoms. The Bertz CT molecular complexity index is 190. The predicted octanol–water partition coefficient (Wildman–Crippen LogP) is 1.72. The minimum absolute atomic E-state index is 0.511. The first kappa shape index (κ1) is 8.31. The molecule has 1 rings (SSSR count). The number of hydrogen-bond donors (Lipinski definition) is 1. The maximum absolute atomic E-state index is 5.51. The molecule has 0 bridgehead atoms. The summed E-state index contributed by atoms with van der Waals surface area (Å²) >= 11 is 0. The summed E-state index contributed by atoms with van der Waals surface area (Å²) in [6, 6.07) is 0. The van der Waals surface area contributed by atoms with E-state index >= 15 is 0 Å². The lowest BCUT2D eigenvalue weighted by Crippen LogP contribution is -2.08. The summed E-state index contributed by atoms with van der Waals surface area (Å²) < 4.78 is 0. The van der Waals surface area contributed by atoms with Gasteiger partial charge in [0.05, 0.1) is 0 Å². The van der Waals surface area contributed by atoms with Crippen LogP contribution in [0.15, 0.2) is 16.8 Å². The number of aliphatic imine (C=N–C) groups is 1. The maximum Gasteiger partial charge on any atom is 0.0397 e. The summed E-state index contributed by atoms with van der Waals surface area (Å²) in [5, 5.41) is 0. The van der Waals surface area contributed by atoms with Gasteiger partial charge in [-0.3, -0.25) is 4.99 Å². The molecule has 0 amide bonds. The molecule has 0 radical (unpaired) electrons. The third-order valence-corrected chi connectivity index (χ3v) is 2.01. The van der Waals surface area contributed by atoms with Crippen molar-refractivity contribution in [3.8, 4) is 0 Å². The van der Waals surface area contributed by atoms with Crippen molar-refractivity contribution in [2.45, 2.75) is 26.7 Å². The Kier molecular flexibility index (Phi) is 2.69. The molecule has 1 aliphatic rings. The van der Waals surface area contributed by atoms with Gasteiger partial charge in [-0.25, -0.2) is 0 Å². The molecule has 0 spiro atoms. The van der Waals surface area contributed by atoms with E-state index in [1.54, 1.807) is 6.20 Å². The molecular weight excluding hydrogens is 136 g/mol. The Morgan fingerprint density at radius 2 is 2.36 bits per heavy atom. The molecule has 2 N–H and O–H groups in total. The summed E-state index contributed by atoms with van der Waals surface area (Å²) in [6.45, 7) is 5.29. The van der Waals surface area contributed by atoms with Gasteiger partial charge in [-0.2, -0.15) is 0 Å². The Balaban J connectivity index is 2.70. The largest absolute Gasteiger partial charge is 0.404 e. The van der Waals surface area contributed by atoms with Crippen molar-refractivity contribution in [1.29, 1.82) is 0 Å². The van der Waals surface area contributed by atoms with Gasteiger partial charge in [-0.05, 0) is 30.5 Å². The van der Waals surface area contributed by atoms with Gasteiger partial charge in [0.1, 0.15) is 0 Å². The van der Waals surface area contributed by atoms with Crippen LogP contribution in [0.3, 0.4) is 0 Å². The molecule has 0 aliphatic carbocycles. The molecule has 0 aromatic heterocycles. The van der Waals surface area contributed by atoms with E-state index in [0.29, 0.717) is 5.92 Å². The van der Waals surface area contributed by atoms with Crippen molar-refractivity contribution in [3.05, 3.63) is 11.8 Å². The molecule has 0 unspecified atom stereocenters. The average Bonchev–Trinajstić information content (AvgIpc) is 2.40. The van der Waals surface area contributed by atoms with Gasteiger partial charge >= 0.3 is 0 Å². The monoisotopic (exact) mass is 152 g/mol. The van der Waals surface area contributed by atoms with Crippen molar-refractivity contribution in [2.75, 3.05) is 6.54 Å². The molecule has 1 heterocycles. The highest BCUT2D eigenvalue weighted by atomic mass is 14.8. The second-order valence-electron chi connectivity index (χ2n) is 3.21. The van der Waals surface area contributed by atoms with Crippen LogP contribution in [0.25, 0.3) is 0 Å². The van der Waals surface area contributed by atoms with Gasteiger partial charge in [-0.15, -0.1) is 0 Å². The summed E-state index contributed by atoms with van der Waals surface area (Å²) in [7, 11) is 0. The number of nitrogens with two attached hydrogens (primary N) is 1. The fraction of sp³-hybridized carbons (Fsp3) is 0.667. The van der Waals surface area contributed by atoms with E-state index < -0.39 is 0 Å². The van der Waals surface area contributed by atoms with Crippen LogP contribution >= 0.6 is 0 Å². The predicted molar refractivity (Wildman–Crippen MR) is 48.6 cm³/mol. The minimum Gasteiger partial charge on any atom is -0.404 e. The topological polar surface area (TPSA) is 38.4 Å². The summed E-state index contributed by atoms with van der Waals surface area (Å²) in [5.41, 5.74) is 7.96. The molecule has 0 atom stereocenters. The highest BCUT2D eigenvalue weighted by molar-refractivity contribution is 6.01. The number of allylic oxidation sites excluding steroid dienone is 1. The summed E-state index contributed by atoms with van der Waals surface area (Å²) in [4.78, 5) is 4.40. The fourth-order valence-corrected chi connectivity index (χ4v) is 1.40. The first-order valence-corrected chi connectivity index (χ1v) is 4.21. The zero-order valence-corrected chi connectivity index (χ0v) is 7.30. The molecule has 0 saturated carbocycles. The van der Waals surface area contributed by atoms with Gasteiger partial charge in [0.15, 0.2) is 0 Å². The zero-order valence-electron chi connectivity index (χ0n) is 7.30. The lowest BCUT2D eigenvalue weighted by molar-refractivity contribution is 0.796. The molecule has 62 valence electrons. The molecule has 11 heavy (non-hydrogen) atoms. The van der Waals surface area contributed by atoms with E-state index in [4.69, 9.17) is 5.73 Å². The van der Waals surface area contributed by atoms with Crippen molar-refractivity contribution in [1.82, 2.24) is 0 Å². The minimum atomic E-state index is 0.511. The third kappa shape index (κ3) is 1.82. The number of nitrogens with zero attached hydrogens (tertiary/aromatic N) is 1.